The van der Waals surface area contributed by atoms with Gasteiger partial charge in [-0.15, -0.1) is 11.3 Å². The van der Waals surface area contributed by atoms with Crippen LogP contribution in [-0.2, 0) is 0 Å². The normalized spacial score (nSPS) is 12.8. The van der Waals surface area contributed by atoms with E-state index in [9.17, 15) is 4.79 Å². The van der Waals surface area contributed by atoms with Crippen molar-refractivity contribution in [3.8, 4) is 0 Å². The molecule has 0 aliphatic carbocycles. The van der Waals surface area contributed by atoms with Crippen molar-refractivity contribution in [2.45, 2.75) is 46.6 Å². The Morgan fingerprint density at radius 2 is 2.06 bits per heavy atom. The average Bonchev–Trinajstić information content (AvgIpc) is 2.56. The van der Waals surface area contributed by atoms with Crippen molar-refractivity contribution in [3.63, 3.8) is 0 Å². The molecule has 0 bridgehead atoms. The number of hydrogen-bond donors (Lipinski definition) is 2. The molecule has 0 saturated heterocycles. The van der Waals surface area contributed by atoms with Gasteiger partial charge < -0.3 is 11.1 Å². The van der Waals surface area contributed by atoms with Gasteiger partial charge >= 0.3 is 0 Å². The molecule has 3 nitrogen and oxygen atoms in total. The molecule has 96 valence electrons. The molecular weight excluding hydrogens is 232 g/mol. The lowest BCUT2D eigenvalue weighted by Crippen LogP contribution is -2.32. The number of aryl methyl sites for hydroxylation is 1. The predicted molar refractivity (Wildman–Crippen MR) is 74.5 cm³/mol. The molecule has 1 atom stereocenters. The summed E-state index contributed by atoms with van der Waals surface area (Å²) in [5, 5.41) is 3.01. The summed E-state index contributed by atoms with van der Waals surface area (Å²) in [5.41, 5.74) is 6.44. The van der Waals surface area contributed by atoms with Gasteiger partial charge in [0.1, 0.15) is 0 Å². The van der Waals surface area contributed by atoms with Crippen molar-refractivity contribution >= 4 is 22.9 Å². The summed E-state index contributed by atoms with van der Waals surface area (Å²) in [4.78, 5) is 13.6. The molecule has 1 aromatic heterocycles. The van der Waals surface area contributed by atoms with Gasteiger partial charge in [-0.2, -0.15) is 0 Å². The third-order valence-electron chi connectivity index (χ3n) is 2.73. The quantitative estimate of drug-likeness (QED) is 0.848. The summed E-state index contributed by atoms with van der Waals surface area (Å²) in [7, 11) is 0. The third kappa shape index (κ3) is 4.38. The van der Waals surface area contributed by atoms with Crippen LogP contribution in [-0.4, -0.2) is 11.9 Å². The van der Waals surface area contributed by atoms with E-state index >= 15 is 0 Å². The first kappa shape index (κ1) is 14.0. The van der Waals surface area contributed by atoms with Gasteiger partial charge in [0, 0.05) is 16.6 Å². The van der Waals surface area contributed by atoms with E-state index in [-0.39, 0.29) is 11.9 Å². The fraction of sp³-hybridized carbons (Fsp3) is 0.615. The Kier molecular flexibility index (Phi) is 5.00. The summed E-state index contributed by atoms with van der Waals surface area (Å²) in [5.74, 6) is 0.667. The number of anilines is 1. The first-order valence-corrected chi connectivity index (χ1v) is 6.88. The van der Waals surface area contributed by atoms with Crippen molar-refractivity contribution in [1.82, 2.24) is 5.32 Å². The summed E-state index contributed by atoms with van der Waals surface area (Å²) in [6, 6.07) is 1.97. The zero-order valence-electron chi connectivity index (χ0n) is 11.0. The maximum absolute atomic E-state index is 11.9. The molecule has 0 radical (unpaired) electrons. The Bertz CT molecular complexity index is 365. The minimum absolute atomic E-state index is 0.00828. The van der Waals surface area contributed by atoms with E-state index in [0.29, 0.717) is 16.5 Å². The first-order chi connectivity index (χ1) is 7.90. The van der Waals surface area contributed by atoms with E-state index in [1.165, 1.54) is 11.3 Å². The van der Waals surface area contributed by atoms with E-state index in [1.807, 2.05) is 13.8 Å². The van der Waals surface area contributed by atoms with Crippen LogP contribution >= 0.6 is 11.3 Å². The van der Waals surface area contributed by atoms with Crippen LogP contribution in [0.1, 0.15) is 48.2 Å². The van der Waals surface area contributed by atoms with Gasteiger partial charge in [-0.1, -0.05) is 13.8 Å². The Hall–Kier alpha value is -1.03. The molecule has 1 unspecified atom stereocenters. The van der Waals surface area contributed by atoms with Gasteiger partial charge in [0.2, 0.25) is 0 Å². The topological polar surface area (TPSA) is 55.1 Å². The van der Waals surface area contributed by atoms with E-state index in [1.54, 1.807) is 6.07 Å². The van der Waals surface area contributed by atoms with Crippen molar-refractivity contribution < 1.29 is 4.79 Å². The molecular formula is C13H22N2OS. The summed E-state index contributed by atoms with van der Waals surface area (Å²) >= 11 is 1.45. The van der Waals surface area contributed by atoms with Crippen LogP contribution in [0.2, 0.25) is 0 Å². The van der Waals surface area contributed by atoms with E-state index in [4.69, 9.17) is 5.73 Å². The minimum Gasteiger partial charge on any atom is -0.398 e. The van der Waals surface area contributed by atoms with Crippen molar-refractivity contribution in [2.24, 2.45) is 5.92 Å². The second kappa shape index (κ2) is 6.05. The number of nitrogens with two attached hydrogens (primary N) is 1. The molecule has 0 saturated carbocycles. The molecule has 0 aliphatic heterocycles. The summed E-state index contributed by atoms with van der Waals surface area (Å²) in [6.45, 7) is 8.36. The highest BCUT2D eigenvalue weighted by Crippen LogP contribution is 2.23. The van der Waals surface area contributed by atoms with Crippen molar-refractivity contribution in [1.29, 1.82) is 0 Å². The van der Waals surface area contributed by atoms with Crippen LogP contribution in [0.4, 0.5) is 5.69 Å². The second-order valence-corrected chi connectivity index (χ2v) is 6.22. The fourth-order valence-electron chi connectivity index (χ4n) is 1.56. The zero-order chi connectivity index (χ0) is 13.0. The van der Waals surface area contributed by atoms with Crippen LogP contribution in [0.25, 0.3) is 0 Å². The molecule has 1 amide bonds. The molecule has 0 fully saturated rings. The Balaban J connectivity index is 2.48. The standard InChI is InChI=1S/C13H22N2OS/c1-8(2)5-6-9(3)15-13(16)12-7-11(14)10(4)17-12/h7-9H,5-6,14H2,1-4H3,(H,15,16). The van der Waals surface area contributed by atoms with Crippen molar-refractivity contribution in [2.75, 3.05) is 5.73 Å². The maximum atomic E-state index is 11.9. The smallest absolute Gasteiger partial charge is 0.261 e. The molecule has 4 heteroatoms. The van der Waals surface area contributed by atoms with Gasteiger partial charge in [0.15, 0.2) is 0 Å². The highest BCUT2D eigenvalue weighted by molar-refractivity contribution is 7.14. The van der Waals surface area contributed by atoms with Gasteiger partial charge in [-0.25, -0.2) is 0 Å². The lowest BCUT2D eigenvalue weighted by atomic mass is 10.0. The summed E-state index contributed by atoms with van der Waals surface area (Å²) in [6.07, 6.45) is 2.15. The van der Waals surface area contributed by atoms with Crippen molar-refractivity contribution in [3.05, 3.63) is 15.8 Å². The lowest BCUT2D eigenvalue weighted by molar-refractivity contribution is 0.0941. The monoisotopic (exact) mass is 254 g/mol. The molecule has 1 rings (SSSR count). The van der Waals surface area contributed by atoms with E-state index < -0.39 is 0 Å². The van der Waals surface area contributed by atoms with Crippen LogP contribution in [0.5, 0.6) is 0 Å². The van der Waals surface area contributed by atoms with Gasteiger partial charge in [0.05, 0.1) is 4.88 Å². The molecule has 1 aromatic rings. The number of carbonyl (C=O) groups excluding carboxylic acids is 1. The molecule has 0 spiro atoms. The van der Waals surface area contributed by atoms with Crippen LogP contribution in [0.3, 0.4) is 0 Å². The number of amides is 1. The van der Waals surface area contributed by atoms with E-state index in [0.717, 1.165) is 17.7 Å². The van der Waals surface area contributed by atoms with Crippen LogP contribution in [0.15, 0.2) is 6.07 Å². The zero-order valence-corrected chi connectivity index (χ0v) is 11.9. The largest absolute Gasteiger partial charge is 0.398 e. The number of carbonyl (C=O) groups is 1. The Morgan fingerprint density at radius 1 is 1.41 bits per heavy atom. The number of thiophene rings is 1. The first-order valence-electron chi connectivity index (χ1n) is 6.07. The Labute approximate surface area is 107 Å². The number of rotatable bonds is 5. The van der Waals surface area contributed by atoms with Gasteiger partial charge in [0.25, 0.3) is 5.91 Å². The van der Waals surface area contributed by atoms with E-state index in [2.05, 4.69) is 19.2 Å². The molecule has 0 aromatic carbocycles. The Morgan fingerprint density at radius 3 is 2.53 bits per heavy atom. The van der Waals surface area contributed by atoms with Crippen LogP contribution in [0, 0.1) is 12.8 Å². The van der Waals surface area contributed by atoms with Gasteiger partial charge in [-0.05, 0) is 38.7 Å². The maximum Gasteiger partial charge on any atom is 0.261 e. The number of nitrogen functional groups attached to an aromatic ring is 1. The molecule has 0 aliphatic rings. The van der Waals surface area contributed by atoms with Gasteiger partial charge in [-0.3, -0.25) is 4.79 Å². The predicted octanol–water partition coefficient (Wildman–Crippen LogP) is 3.19. The molecule has 3 N–H and O–H groups in total. The lowest BCUT2D eigenvalue weighted by Gasteiger charge is -2.14. The fourth-order valence-corrected chi connectivity index (χ4v) is 2.40. The number of hydrogen-bond acceptors (Lipinski definition) is 3. The SMILES string of the molecule is Cc1sc(C(=O)NC(C)CCC(C)C)cc1N. The minimum atomic E-state index is -0.00828. The highest BCUT2D eigenvalue weighted by Gasteiger charge is 2.13. The highest BCUT2D eigenvalue weighted by atomic mass is 32.1. The second-order valence-electron chi connectivity index (χ2n) is 4.97. The summed E-state index contributed by atoms with van der Waals surface area (Å²) < 4.78 is 0. The molecule has 1 heterocycles. The third-order valence-corrected chi connectivity index (χ3v) is 3.80. The average molecular weight is 254 g/mol. The van der Waals surface area contributed by atoms with Crippen LogP contribution < -0.4 is 11.1 Å². The number of nitrogens with one attached hydrogen (secondary N) is 1. The molecule has 17 heavy (non-hydrogen) atoms.